The number of thiophene rings is 1. The molecule has 2 aliphatic rings. The first-order valence-electron chi connectivity index (χ1n) is 7.24. The molecule has 0 spiro atoms. The first-order chi connectivity index (χ1) is 9.93. The third-order valence-corrected chi connectivity index (χ3v) is 7.01. The topological polar surface area (TPSA) is 60.9 Å². The van der Waals surface area contributed by atoms with Crippen LogP contribution in [0, 0.1) is 11.3 Å². The average Bonchev–Trinajstić information content (AvgIpc) is 3.05. The molecule has 0 aliphatic carbocycles. The summed E-state index contributed by atoms with van der Waals surface area (Å²) >= 11 is 1.75. The summed E-state index contributed by atoms with van der Waals surface area (Å²) in [6.07, 6.45) is 2.13. The SMILES string of the molecule is CS(=O)(=O)N1CC2CN(Cc3cccs3)CCC2(CO)C1. The molecule has 3 rings (SSSR count). The number of hydrogen-bond donors (Lipinski definition) is 1. The Morgan fingerprint density at radius 1 is 1.48 bits per heavy atom. The molecule has 0 bridgehead atoms. The fourth-order valence-corrected chi connectivity index (χ4v) is 5.27. The van der Waals surface area contributed by atoms with E-state index >= 15 is 0 Å². The molecule has 5 nitrogen and oxygen atoms in total. The number of sulfonamides is 1. The minimum Gasteiger partial charge on any atom is -0.396 e. The minimum absolute atomic E-state index is 0.0799. The second-order valence-electron chi connectivity index (χ2n) is 6.34. The van der Waals surface area contributed by atoms with E-state index in [2.05, 4.69) is 22.4 Å². The zero-order chi connectivity index (χ0) is 15.1. The van der Waals surface area contributed by atoms with Gasteiger partial charge in [0.05, 0.1) is 12.9 Å². The van der Waals surface area contributed by atoms with Gasteiger partial charge in [0.25, 0.3) is 0 Å². The van der Waals surface area contributed by atoms with E-state index < -0.39 is 10.0 Å². The molecule has 3 heterocycles. The Balaban J connectivity index is 1.72. The van der Waals surface area contributed by atoms with Crippen LogP contribution in [0.1, 0.15) is 11.3 Å². The Morgan fingerprint density at radius 2 is 2.29 bits per heavy atom. The molecular formula is C14H22N2O3S2. The van der Waals surface area contributed by atoms with Crippen LogP contribution >= 0.6 is 11.3 Å². The van der Waals surface area contributed by atoms with Gasteiger partial charge in [-0.25, -0.2) is 12.7 Å². The van der Waals surface area contributed by atoms with Crippen molar-refractivity contribution < 1.29 is 13.5 Å². The smallest absolute Gasteiger partial charge is 0.211 e. The molecule has 2 atom stereocenters. The van der Waals surface area contributed by atoms with Crippen LogP contribution in [-0.4, -0.2) is 61.8 Å². The van der Waals surface area contributed by atoms with Crippen LogP contribution in [-0.2, 0) is 16.6 Å². The highest BCUT2D eigenvalue weighted by molar-refractivity contribution is 7.88. The highest BCUT2D eigenvalue weighted by atomic mass is 32.2. The van der Waals surface area contributed by atoms with Crippen LogP contribution in [0.4, 0.5) is 0 Å². The molecule has 1 aromatic rings. The van der Waals surface area contributed by atoms with Gasteiger partial charge in [-0.1, -0.05) is 6.07 Å². The second kappa shape index (κ2) is 5.62. The third kappa shape index (κ3) is 3.03. The number of hydrogen-bond acceptors (Lipinski definition) is 5. The predicted octanol–water partition coefficient (Wildman–Crippen LogP) is 0.824. The van der Waals surface area contributed by atoms with Gasteiger partial charge in [0.1, 0.15) is 0 Å². The van der Waals surface area contributed by atoms with Gasteiger partial charge in [-0.2, -0.15) is 0 Å². The Bertz CT molecular complexity index is 587. The Kier molecular flexibility index (Phi) is 4.13. The quantitative estimate of drug-likeness (QED) is 0.888. The van der Waals surface area contributed by atoms with Crippen LogP contribution in [0.3, 0.4) is 0 Å². The maximum Gasteiger partial charge on any atom is 0.211 e. The van der Waals surface area contributed by atoms with Crippen molar-refractivity contribution in [3.8, 4) is 0 Å². The van der Waals surface area contributed by atoms with Gasteiger partial charge in [-0.05, 0) is 30.3 Å². The molecule has 0 saturated carbocycles. The Labute approximate surface area is 130 Å². The molecule has 21 heavy (non-hydrogen) atoms. The average molecular weight is 330 g/mol. The van der Waals surface area contributed by atoms with E-state index in [-0.39, 0.29) is 17.9 Å². The monoisotopic (exact) mass is 330 g/mol. The Hall–Kier alpha value is -0.470. The van der Waals surface area contributed by atoms with E-state index in [1.54, 1.807) is 15.6 Å². The highest BCUT2D eigenvalue weighted by Crippen LogP contribution is 2.43. The number of rotatable bonds is 4. The van der Waals surface area contributed by atoms with Gasteiger partial charge >= 0.3 is 0 Å². The van der Waals surface area contributed by atoms with Crippen LogP contribution in [0.2, 0.25) is 0 Å². The maximum absolute atomic E-state index is 11.8. The summed E-state index contributed by atoms with van der Waals surface area (Å²) in [5.41, 5.74) is -0.241. The van der Waals surface area contributed by atoms with E-state index in [0.29, 0.717) is 13.1 Å². The number of nitrogens with zero attached hydrogens (tertiary/aromatic N) is 2. The first kappa shape index (κ1) is 15.4. The minimum atomic E-state index is -3.17. The number of aliphatic hydroxyl groups is 1. The maximum atomic E-state index is 11.8. The summed E-state index contributed by atoms with van der Waals surface area (Å²) in [6.45, 7) is 3.81. The summed E-state index contributed by atoms with van der Waals surface area (Å²) in [4.78, 5) is 3.72. The van der Waals surface area contributed by atoms with Gasteiger partial charge in [-0.15, -0.1) is 11.3 Å². The summed E-state index contributed by atoms with van der Waals surface area (Å²) in [7, 11) is -3.17. The first-order valence-corrected chi connectivity index (χ1v) is 9.96. The predicted molar refractivity (Wildman–Crippen MR) is 83.6 cm³/mol. The molecule has 0 amide bonds. The molecule has 2 aliphatic heterocycles. The standard InChI is InChI=1S/C14H22N2O3S2/c1-21(18,19)16-8-12-7-15(9-13-3-2-6-20-13)5-4-14(12,10-16)11-17/h2-3,6,12,17H,4-5,7-11H2,1H3. The normalized spacial score (nSPS) is 31.4. The van der Waals surface area contributed by atoms with E-state index in [1.165, 1.54) is 11.1 Å². The molecule has 2 fully saturated rings. The number of fused-ring (bicyclic) bond motifs is 1. The van der Waals surface area contributed by atoms with Crippen molar-refractivity contribution in [3.63, 3.8) is 0 Å². The number of aliphatic hydroxyl groups excluding tert-OH is 1. The largest absolute Gasteiger partial charge is 0.396 e. The summed E-state index contributed by atoms with van der Waals surface area (Å²) < 4.78 is 25.2. The van der Waals surface area contributed by atoms with Crippen LogP contribution in [0.5, 0.6) is 0 Å². The lowest BCUT2D eigenvalue weighted by atomic mass is 9.73. The molecule has 2 unspecified atom stereocenters. The molecule has 1 aromatic heterocycles. The molecule has 2 saturated heterocycles. The van der Waals surface area contributed by atoms with Gasteiger partial charge < -0.3 is 5.11 Å². The van der Waals surface area contributed by atoms with E-state index in [4.69, 9.17) is 0 Å². The van der Waals surface area contributed by atoms with Crippen molar-refractivity contribution in [1.82, 2.24) is 9.21 Å². The zero-order valence-electron chi connectivity index (χ0n) is 12.2. The molecule has 7 heteroatoms. The highest BCUT2D eigenvalue weighted by Gasteiger charge is 2.51. The van der Waals surface area contributed by atoms with Crippen molar-refractivity contribution >= 4 is 21.4 Å². The lowest BCUT2D eigenvalue weighted by Gasteiger charge is -2.42. The third-order valence-electron chi connectivity index (χ3n) is 4.93. The van der Waals surface area contributed by atoms with Crippen molar-refractivity contribution in [2.24, 2.45) is 11.3 Å². The number of likely N-dealkylation sites (tertiary alicyclic amines) is 1. The Morgan fingerprint density at radius 3 is 2.90 bits per heavy atom. The van der Waals surface area contributed by atoms with E-state index in [1.807, 2.05) is 0 Å². The molecule has 0 aromatic carbocycles. The van der Waals surface area contributed by atoms with Gasteiger partial charge in [0.2, 0.25) is 10.0 Å². The summed E-state index contributed by atoms with van der Waals surface area (Å²) in [5.74, 6) is 0.228. The lowest BCUT2D eigenvalue weighted by Crippen LogP contribution is -2.48. The van der Waals surface area contributed by atoms with Gasteiger partial charge in [0, 0.05) is 36.5 Å². The van der Waals surface area contributed by atoms with Crippen molar-refractivity contribution in [1.29, 1.82) is 0 Å². The molecule has 118 valence electrons. The van der Waals surface area contributed by atoms with Crippen LogP contribution < -0.4 is 0 Å². The fraction of sp³-hybridized carbons (Fsp3) is 0.714. The van der Waals surface area contributed by atoms with Crippen molar-refractivity contribution in [2.75, 3.05) is 39.0 Å². The van der Waals surface area contributed by atoms with Crippen LogP contribution in [0.25, 0.3) is 0 Å². The van der Waals surface area contributed by atoms with E-state index in [0.717, 1.165) is 26.1 Å². The van der Waals surface area contributed by atoms with Crippen molar-refractivity contribution in [2.45, 2.75) is 13.0 Å². The summed E-state index contributed by atoms with van der Waals surface area (Å²) in [6, 6.07) is 4.19. The summed E-state index contributed by atoms with van der Waals surface area (Å²) in [5, 5.41) is 11.9. The lowest BCUT2D eigenvalue weighted by molar-refractivity contribution is 0.0174. The molecule has 0 radical (unpaired) electrons. The fourth-order valence-electron chi connectivity index (χ4n) is 3.58. The molecular weight excluding hydrogens is 308 g/mol. The zero-order valence-corrected chi connectivity index (χ0v) is 13.9. The van der Waals surface area contributed by atoms with Gasteiger partial charge in [0.15, 0.2) is 0 Å². The van der Waals surface area contributed by atoms with Gasteiger partial charge in [-0.3, -0.25) is 4.90 Å². The van der Waals surface area contributed by atoms with Crippen molar-refractivity contribution in [3.05, 3.63) is 22.4 Å². The van der Waals surface area contributed by atoms with Crippen LogP contribution in [0.15, 0.2) is 17.5 Å². The second-order valence-corrected chi connectivity index (χ2v) is 9.35. The molecule has 1 N–H and O–H groups in total. The number of piperidine rings is 1. The van der Waals surface area contributed by atoms with E-state index in [9.17, 15) is 13.5 Å².